The number of aryl methyl sites for hydroxylation is 1. The molecule has 0 saturated heterocycles. The fourth-order valence-electron chi connectivity index (χ4n) is 2.43. The largest absolute Gasteiger partial charge is 0.372 e. The molecule has 24 heavy (non-hydrogen) atoms. The average molecular weight is 317 g/mol. The highest BCUT2D eigenvalue weighted by atomic mass is 15.1. The van der Waals surface area contributed by atoms with Crippen LogP contribution in [0.3, 0.4) is 0 Å². The average Bonchev–Trinajstić information content (AvgIpc) is 2.61. The molecular formula is C19H19N5. The van der Waals surface area contributed by atoms with Gasteiger partial charge >= 0.3 is 0 Å². The lowest BCUT2D eigenvalue weighted by atomic mass is 10.1. The third-order valence-corrected chi connectivity index (χ3v) is 3.83. The van der Waals surface area contributed by atoms with Crippen molar-refractivity contribution < 1.29 is 0 Å². The molecule has 120 valence electrons. The highest BCUT2D eigenvalue weighted by molar-refractivity contribution is 5.58. The van der Waals surface area contributed by atoms with Crippen LogP contribution in [0, 0.1) is 29.6 Å². The molecule has 2 aromatic carbocycles. The van der Waals surface area contributed by atoms with Crippen LogP contribution in [0.5, 0.6) is 0 Å². The van der Waals surface area contributed by atoms with Gasteiger partial charge in [0.2, 0.25) is 0 Å². The first-order valence-corrected chi connectivity index (χ1v) is 7.84. The molecule has 0 aliphatic rings. The molecule has 0 aliphatic carbocycles. The molecule has 0 spiro atoms. The molecule has 2 rings (SSSR count). The zero-order chi connectivity index (χ0) is 17.5. The molecule has 0 aliphatic heterocycles. The van der Waals surface area contributed by atoms with Crippen molar-refractivity contribution in [2.24, 2.45) is 10.2 Å². The van der Waals surface area contributed by atoms with Gasteiger partial charge in [-0.3, -0.25) is 0 Å². The second-order valence-corrected chi connectivity index (χ2v) is 5.30. The van der Waals surface area contributed by atoms with E-state index < -0.39 is 0 Å². The Balaban J connectivity index is 2.27. The molecule has 5 heteroatoms. The molecule has 0 unspecified atom stereocenters. The van der Waals surface area contributed by atoms with Gasteiger partial charge in [0.05, 0.1) is 22.5 Å². The number of hydrogen-bond donors (Lipinski definition) is 0. The van der Waals surface area contributed by atoms with E-state index in [2.05, 4.69) is 35.0 Å². The fourth-order valence-corrected chi connectivity index (χ4v) is 2.43. The van der Waals surface area contributed by atoms with E-state index in [0.717, 1.165) is 24.3 Å². The summed E-state index contributed by atoms with van der Waals surface area (Å²) < 4.78 is 0. The van der Waals surface area contributed by atoms with Gasteiger partial charge < -0.3 is 4.90 Å². The predicted octanol–water partition coefficient (Wildman–Crippen LogP) is 5.00. The number of anilines is 1. The van der Waals surface area contributed by atoms with Gasteiger partial charge in [0.25, 0.3) is 0 Å². The van der Waals surface area contributed by atoms with Crippen molar-refractivity contribution in [1.29, 1.82) is 10.5 Å². The van der Waals surface area contributed by atoms with Gasteiger partial charge in [-0.25, -0.2) is 0 Å². The Morgan fingerprint density at radius 1 is 0.917 bits per heavy atom. The van der Waals surface area contributed by atoms with Gasteiger partial charge in [-0.15, -0.1) is 0 Å². The van der Waals surface area contributed by atoms with E-state index >= 15 is 0 Å². The fraction of sp³-hybridized carbons (Fsp3) is 0.263. The Labute approximate surface area is 142 Å². The predicted molar refractivity (Wildman–Crippen MR) is 94.8 cm³/mol. The third kappa shape index (κ3) is 3.77. The molecule has 0 amide bonds. The van der Waals surface area contributed by atoms with E-state index in [1.54, 1.807) is 18.2 Å². The summed E-state index contributed by atoms with van der Waals surface area (Å²) in [6.07, 6.45) is 0. The molecular weight excluding hydrogens is 298 g/mol. The number of rotatable bonds is 5. The van der Waals surface area contributed by atoms with Crippen LogP contribution < -0.4 is 4.90 Å². The van der Waals surface area contributed by atoms with Gasteiger partial charge in [-0.2, -0.15) is 20.8 Å². The van der Waals surface area contributed by atoms with Crippen LogP contribution in [0.4, 0.5) is 17.1 Å². The van der Waals surface area contributed by atoms with Crippen LogP contribution >= 0.6 is 0 Å². The standard InChI is InChI=1S/C19H19N5/c1-4-24(5-2)18-8-9-19(14(3)10-18)23-22-17-7-6-15(12-20)16(11-17)13-21/h6-11H,4-5H2,1-3H3/b23-22+. The SMILES string of the molecule is CCN(CC)c1ccc(/N=N/c2ccc(C#N)c(C#N)c2)c(C)c1. The lowest BCUT2D eigenvalue weighted by molar-refractivity contribution is 0.865. The summed E-state index contributed by atoms with van der Waals surface area (Å²) in [5.74, 6) is 0. The highest BCUT2D eigenvalue weighted by Crippen LogP contribution is 2.27. The van der Waals surface area contributed by atoms with Crippen LogP contribution in [0.1, 0.15) is 30.5 Å². The minimum absolute atomic E-state index is 0.308. The molecule has 0 fully saturated rings. The zero-order valence-electron chi connectivity index (χ0n) is 14.1. The van der Waals surface area contributed by atoms with E-state index in [9.17, 15) is 0 Å². The van der Waals surface area contributed by atoms with Crippen LogP contribution in [0.25, 0.3) is 0 Å². The minimum Gasteiger partial charge on any atom is -0.372 e. The van der Waals surface area contributed by atoms with Crippen molar-refractivity contribution in [3.8, 4) is 12.1 Å². The normalized spacial score (nSPS) is 10.4. The van der Waals surface area contributed by atoms with Crippen molar-refractivity contribution in [2.75, 3.05) is 18.0 Å². The summed E-state index contributed by atoms with van der Waals surface area (Å²) in [6.45, 7) is 8.17. The molecule has 0 heterocycles. The van der Waals surface area contributed by atoms with Crippen molar-refractivity contribution >= 4 is 17.1 Å². The summed E-state index contributed by atoms with van der Waals surface area (Å²) in [5, 5.41) is 26.5. The Morgan fingerprint density at radius 2 is 1.62 bits per heavy atom. The van der Waals surface area contributed by atoms with E-state index in [1.807, 2.05) is 31.2 Å². The molecule has 0 aromatic heterocycles. The first-order chi connectivity index (χ1) is 11.6. The van der Waals surface area contributed by atoms with E-state index in [4.69, 9.17) is 10.5 Å². The summed E-state index contributed by atoms with van der Waals surface area (Å²) in [5.41, 5.74) is 4.20. The van der Waals surface area contributed by atoms with Crippen LogP contribution in [0.2, 0.25) is 0 Å². The molecule has 0 saturated carbocycles. The molecule has 0 radical (unpaired) electrons. The summed E-state index contributed by atoms with van der Waals surface area (Å²) in [7, 11) is 0. The van der Waals surface area contributed by atoms with Crippen molar-refractivity contribution in [1.82, 2.24) is 0 Å². The second kappa shape index (κ2) is 7.89. The smallest absolute Gasteiger partial charge is 0.101 e. The van der Waals surface area contributed by atoms with E-state index in [1.165, 1.54) is 5.69 Å². The quantitative estimate of drug-likeness (QED) is 0.728. The van der Waals surface area contributed by atoms with Gasteiger partial charge in [0.15, 0.2) is 0 Å². The highest BCUT2D eigenvalue weighted by Gasteiger charge is 2.05. The van der Waals surface area contributed by atoms with E-state index in [0.29, 0.717) is 16.8 Å². The molecule has 5 nitrogen and oxygen atoms in total. The number of benzene rings is 2. The van der Waals surface area contributed by atoms with Crippen LogP contribution in [-0.2, 0) is 0 Å². The number of nitrogens with zero attached hydrogens (tertiary/aromatic N) is 5. The molecule has 2 aromatic rings. The van der Waals surface area contributed by atoms with Crippen molar-refractivity contribution in [2.45, 2.75) is 20.8 Å². The monoisotopic (exact) mass is 317 g/mol. The second-order valence-electron chi connectivity index (χ2n) is 5.30. The van der Waals surface area contributed by atoms with Gasteiger partial charge in [-0.1, -0.05) is 0 Å². The topological polar surface area (TPSA) is 75.5 Å². The van der Waals surface area contributed by atoms with Gasteiger partial charge in [0, 0.05) is 18.8 Å². The minimum atomic E-state index is 0.308. The van der Waals surface area contributed by atoms with E-state index in [-0.39, 0.29) is 0 Å². The maximum atomic E-state index is 9.05. The lowest BCUT2D eigenvalue weighted by Crippen LogP contribution is -2.21. The molecule has 0 bridgehead atoms. The number of hydrogen-bond acceptors (Lipinski definition) is 5. The summed E-state index contributed by atoms with van der Waals surface area (Å²) in [6, 6.07) is 14.9. The lowest BCUT2D eigenvalue weighted by Gasteiger charge is -2.21. The Hall–Kier alpha value is -3.18. The zero-order valence-corrected chi connectivity index (χ0v) is 14.1. The Kier molecular flexibility index (Phi) is 5.65. The van der Waals surface area contributed by atoms with Crippen molar-refractivity contribution in [3.05, 3.63) is 53.1 Å². The van der Waals surface area contributed by atoms with Gasteiger partial charge in [0.1, 0.15) is 12.1 Å². The first kappa shape index (κ1) is 17.2. The maximum Gasteiger partial charge on any atom is 0.101 e. The number of nitriles is 2. The Bertz CT molecular complexity index is 836. The third-order valence-electron chi connectivity index (χ3n) is 3.83. The number of azo groups is 1. The Morgan fingerprint density at radius 3 is 2.21 bits per heavy atom. The van der Waals surface area contributed by atoms with Crippen LogP contribution in [-0.4, -0.2) is 13.1 Å². The van der Waals surface area contributed by atoms with Crippen LogP contribution in [0.15, 0.2) is 46.6 Å². The molecule has 0 N–H and O–H groups in total. The van der Waals surface area contributed by atoms with Crippen molar-refractivity contribution in [3.63, 3.8) is 0 Å². The maximum absolute atomic E-state index is 9.05. The van der Waals surface area contributed by atoms with Gasteiger partial charge in [-0.05, 0) is 62.7 Å². The summed E-state index contributed by atoms with van der Waals surface area (Å²) >= 11 is 0. The summed E-state index contributed by atoms with van der Waals surface area (Å²) in [4.78, 5) is 2.27. The first-order valence-electron chi connectivity index (χ1n) is 7.84. The molecule has 0 atom stereocenters.